The van der Waals surface area contributed by atoms with Gasteiger partial charge in [0.1, 0.15) is 0 Å². The van der Waals surface area contributed by atoms with E-state index in [9.17, 15) is 4.79 Å². The van der Waals surface area contributed by atoms with Crippen LogP contribution >= 0.6 is 0 Å². The van der Waals surface area contributed by atoms with Crippen molar-refractivity contribution >= 4 is 12.0 Å². The number of hydrogen-bond donors (Lipinski definition) is 1. The number of rotatable bonds is 11. The van der Waals surface area contributed by atoms with E-state index >= 15 is 0 Å². The summed E-state index contributed by atoms with van der Waals surface area (Å²) >= 11 is 0. The molecule has 0 atom stereocenters. The molecule has 172 valence electrons. The summed E-state index contributed by atoms with van der Waals surface area (Å²) in [7, 11) is 1.62. The van der Waals surface area contributed by atoms with E-state index in [1.165, 1.54) is 5.56 Å². The normalized spacial score (nSPS) is 15.1. The van der Waals surface area contributed by atoms with Crippen LogP contribution in [0.5, 0.6) is 11.5 Å². The number of methoxy groups -OCH3 is 1. The quantitative estimate of drug-likeness (QED) is 0.431. The van der Waals surface area contributed by atoms with Crippen molar-refractivity contribution in [2.75, 3.05) is 53.0 Å². The van der Waals surface area contributed by atoms with Crippen molar-refractivity contribution in [3.8, 4) is 11.5 Å². The molecule has 0 bridgehead atoms. The van der Waals surface area contributed by atoms with Gasteiger partial charge in [-0.05, 0) is 49.2 Å². The van der Waals surface area contributed by atoms with Crippen LogP contribution in [0.3, 0.4) is 0 Å². The Bertz CT molecular complexity index is 862. The van der Waals surface area contributed by atoms with Crippen LogP contribution in [0.1, 0.15) is 24.5 Å². The minimum absolute atomic E-state index is 0.0774. The molecule has 1 amide bonds. The summed E-state index contributed by atoms with van der Waals surface area (Å²) in [4.78, 5) is 17.1. The second-order valence-corrected chi connectivity index (χ2v) is 7.92. The molecule has 1 saturated heterocycles. The fourth-order valence-electron chi connectivity index (χ4n) is 3.82. The second kappa shape index (κ2) is 12.9. The fourth-order valence-corrected chi connectivity index (χ4v) is 3.82. The van der Waals surface area contributed by atoms with E-state index in [0.29, 0.717) is 24.7 Å². The highest BCUT2D eigenvalue weighted by molar-refractivity contribution is 5.91. The Kier molecular flexibility index (Phi) is 9.60. The molecule has 1 heterocycles. The SMILES string of the molecule is CCOc1cc(/C=C/C(=O)NCCCN2CCN(Cc3ccccc3)CC2)ccc1OC. The van der Waals surface area contributed by atoms with Crippen molar-refractivity contribution in [3.63, 3.8) is 0 Å². The van der Waals surface area contributed by atoms with Gasteiger partial charge < -0.3 is 19.7 Å². The van der Waals surface area contributed by atoms with E-state index < -0.39 is 0 Å². The summed E-state index contributed by atoms with van der Waals surface area (Å²) in [5, 5.41) is 2.98. The van der Waals surface area contributed by atoms with E-state index in [2.05, 4.69) is 45.4 Å². The summed E-state index contributed by atoms with van der Waals surface area (Å²) < 4.78 is 10.9. The molecule has 1 fully saturated rings. The van der Waals surface area contributed by atoms with Gasteiger partial charge in [-0.25, -0.2) is 0 Å². The number of carbonyl (C=O) groups is 1. The zero-order chi connectivity index (χ0) is 22.6. The minimum Gasteiger partial charge on any atom is -0.493 e. The Balaban J connectivity index is 1.32. The Morgan fingerprint density at radius 1 is 1.03 bits per heavy atom. The van der Waals surface area contributed by atoms with E-state index in [1.807, 2.05) is 25.1 Å². The van der Waals surface area contributed by atoms with Crippen molar-refractivity contribution in [1.29, 1.82) is 0 Å². The summed E-state index contributed by atoms with van der Waals surface area (Å²) in [6, 6.07) is 16.3. The highest BCUT2D eigenvalue weighted by atomic mass is 16.5. The fraction of sp³-hybridized carbons (Fsp3) is 0.423. The summed E-state index contributed by atoms with van der Waals surface area (Å²) in [5.74, 6) is 1.29. The third kappa shape index (κ3) is 7.70. The van der Waals surface area contributed by atoms with Crippen LogP contribution in [0.4, 0.5) is 0 Å². The first kappa shape index (κ1) is 23.8. The number of amides is 1. The maximum Gasteiger partial charge on any atom is 0.243 e. The molecule has 3 rings (SSSR count). The average molecular weight is 438 g/mol. The van der Waals surface area contributed by atoms with Gasteiger partial charge in [0.25, 0.3) is 0 Å². The third-order valence-corrected chi connectivity index (χ3v) is 5.58. The summed E-state index contributed by atoms with van der Waals surface area (Å²) in [6.45, 7) is 9.56. The zero-order valence-corrected chi connectivity index (χ0v) is 19.3. The van der Waals surface area contributed by atoms with Crippen LogP contribution in [0.2, 0.25) is 0 Å². The Labute approximate surface area is 191 Å². The molecule has 1 aliphatic heterocycles. The first-order valence-corrected chi connectivity index (χ1v) is 11.4. The molecule has 0 unspecified atom stereocenters. The van der Waals surface area contributed by atoms with Gasteiger partial charge in [0, 0.05) is 45.3 Å². The maximum atomic E-state index is 12.1. The topological polar surface area (TPSA) is 54.0 Å². The van der Waals surface area contributed by atoms with E-state index in [1.54, 1.807) is 19.3 Å². The highest BCUT2D eigenvalue weighted by Crippen LogP contribution is 2.28. The van der Waals surface area contributed by atoms with Crippen molar-refractivity contribution in [2.45, 2.75) is 19.9 Å². The molecular weight excluding hydrogens is 402 g/mol. The molecule has 6 nitrogen and oxygen atoms in total. The van der Waals surface area contributed by atoms with Crippen molar-refractivity contribution < 1.29 is 14.3 Å². The standard InChI is InChI=1S/C26H35N3O3/c1-3-32-25-20-22(10-12-24(25)31-2)11-13-26(30)27-14-7-15-28-16-18-29(19-17-28)21-23-8-5-4-6-9-23/h4-6,8-13,20H,3,7,14-19,21H2,1-2H3,(H,27,30)/b13-11+. The van der Waals surface area contributed by atoms with Crippen LogP contribution in [-0.2, 0) is 11.3 Å². The predicted octanol–water partition coefficient (Wildman–Crippen LogP) is 3.43. The predicted molar refractivity (Wildman–Crippen MR) is 129 cm³/mol. The molecular formula is C26H35N3O3. The van der Waals surface area contributed by atoms with Crippen LogP contribution in [0.25, 0.3) is 6.08 Å². The van der Waals surface area contributed by atoms with Crippen LogP contribution in [0.15, 0.2) is 54.6 Å². The van der Waals surface area contributed by atoms with Crippen molar-refractivity contribution in [3.05, 3.63) is 65.7 Å². The van der Waals surface area contributed by atoms with Crippen molar-refractivity contribution in [1.82, 2.24) is 15.1 Å². The van der Waals surface area contributed by atoms with Gasteiger partial charge >= 0.3 is 0 Å². The molecule has 32 heavy (non-hydrogen) atoms. The van der Waals surface area contributed by atoms with Gasteiger partial charge in [-0.3, -0.25) is 9.69 Å². The first-order chi connectivity index (χ1) is 15.7. The smallest absolute Gasteiger partial charge is 0.243 e. The van der Waals surface area contributed by atoms with Gasteiger partial charge in [-0.1, -0.05) is 36.4 Å². The van der Waals surface area contributed by atoms with Gasteiger partial charge in [-0.15, -0.1) is 0 Å². The number of piperazine rings is 1. The lowest BCUT2D eigenvalue weighted by Crippen LogP contribution is -2.46. The first-order valence-electron chi connectivity index (χ1n) is 11.4. The largest absolute Gasteiger partial charge is 0.493 e. The molecule has 1 aliphatic rings. The van der Waals surface area contributed by atoms with Gasteiger partial charge in [0.15, 0.2) is 11.5 Å². The number of benzene rings is 2. The molecule has 6 heteroatoms. The molecule has 0 saturated carbocycles. The zero-order valence-electron chi connectivity index (χ0n) is 19.3. The van der Waals surface area contributed by atoms with Gasteiger partial charge in [0.2, 0.25) is 5.91 Å². The monoisotopic (exact) mass is 437 g/mol. The molecule has 0 radical (unpaired) electrons. The summed E-state index contributed by atoms with van der Waals surface area (Å²) in [5.41, 5.74) is 2.28. The molecule has 2 aromatic rings. The van der Waals surface area contributed by atoms with Gasteiger partial charge in [-0.2, -0.15) is 0 Å². The van der Waals surface area contributed by atoms with Crippen LogP contribution < -0.4 is 14.8 Å². The molecule has 0 aliphatic carbocycles. The second-order valence-electron chi connectivity index (χ2n) is 7.92. The number of nitrogens with one attached hydrogen (secondary N) is 1. The number of nitrogens with zero attached hydrogens (tertiary/aromatic N) is 2. The number of carbonyl (C=O) groups excluding carboxylic acids is 1. The molecule has 2 aromatic carbocycles. The Morgan fingerprint density at radius 2 is 1.78 bits per heavy atom. The third-order valence-electron chi connectivity index (χ3n) is 5.58. The lowest BCUT2D eigenvalue weighted by molar-refractivity contribution is -0.116. The highest BCUT2D eigenvalue weighted by Gasteiger charge is 2.16. The van der Waals surface area contributed by atoms with E-state index in [4.69, 9.17) is 9.47 Å². The Hall–Kier alpha value is -2.83. The lowest BCUT2D eigenvalue weighted by atomic mass is 10.2. The maximum absolute atomic E-state index is 12.1. The van der Waals surface area contributed by atoms with Crippen LogP contribution in [0, 0.1) is 0 Å². The average Bonchev–Trinajstić information content (AvgIpc) is 2.82. The van der Waals surface area contributed by atoms with Crippen molar-refractivity contribution in [2.24, 2.45) is 0 Å². The van der Waals surface area contributed by atoms with E-state index in [0.717, 1.165) is 51.3 Å². The minimum atomic E-state index is -0.0774. The molecule has 0 aromatic heterocycles. The lowest BCUT2D eigenvalue weighted by Gasteiger charge is -2.34. The Morgan fingerprint density at radius 3 is 2.50 bits per heavy atom. The molecule has 0 spiro atoms. The van der Waals surface area contributed by atoms with Crippen LogP contribution in [-0.4, -0.2) is 68.7 Å². The van der Waals surface area contributed by atoms with Gasteiger partial charge in [0.05, 0.1) is 13.7 Å². The summed E-state index contributed by atoms with van der Waals surface area (Å²) in [6.07, 6.45) is 4.32. The number of hydrogen-bond acceptors (Lipinski definition) is 5. The molecule has 1 N–H and O–H groups in total. The van der Waals surface area contributed by atoms with E-state index in [-0.39, 0.29) is 5.91 Å². The number of ether oxygens (including phenoxy) is 2.